The van der Waals surface area contributed by atoms with E-state index in [0.29, 0.717) is 30.3 Å². The average Bonchev–Trinajstić information content (AvgIpc) is 3.02. The van der Waals surface area contributed by atoms with Crippen molar-refractivity contribution in [2.45, 2.75) is 33.1 Å². The Morgan fingerprint density at radius 2 is 2.04 bits per heavy atom. The standard InChI is InChI=1S/C18H28N4O3/c1-5-18(6-2,9-10-23)12-19-16(24)20-13-7-8-14-15(11-13)25-17(21-14)22(3)4/h7-8,11,23H,5-6,9-10,12H2,1-4H3,(H2,19,20,24). The SMILES string of the molecule is CCC(CC)(CCO)CNC(=O)Nc1ccc2nc(N(C)C)oc2c1. The smallest absolute Gasteiger partial charge is 0.319 e. The third-order valence-corrected chi connectivity index (χ3v) is 4.78. The summed E-state index contributed by atoms with van der Waals surface area (Å²) in [6, 6.07) is 5.63. The van der Waals surface area contributed by atoms with Crippen LogP contribution in [0, 0.1) is 5.41 Å². The first-order chi connectivity index (χ1) is 11.9. The van der Waals surface area contributed by atoms with Gasteiger partial charge in [0.1, 0.15) is 5.52 Å². The summed E-state index contributed by atoms with van der Waals surface area (Å²) in [4.78, 5) is 18.3. The molecule has 7 nitrogen and oxygen atoms in total. The van der Waals surface area contributed by atoms with Crippen LogP contribution in [0.15, 0.2) is 22.6 Å². The number of fused-ring (bicyclic) bond motifs is 1. The third kappa shape index (κ3) is 4.63. The molecule has 0 unspecified atom stereocenters. The van der Waals surface area contributed by atoms with Gasteiger partial charge in [-0.2, -0.15) is 4.98 Å². The summed E-state index contributed by atoms with van der Waals surface area (Å²) in [5.41, 5.74) is 1.95. The van der Waals surface area contributed by atoms with Crippen LogP contribution in [0.25, 0.3) is 11.1 Å². The Kier molecular flexibility index (Phi) is 6.25. The monoisotopic (exact) mass is 348 g/mol. The molecule has 0 radical (unpaired) electrons. The molecule has 1 aromatic carbocycles. The van der Waals surface area contributed by atoms with Gasteiger partial charge in [-0.25, -0.2) is 4.79 Å². The molecule has 0 saturated carbocycles. The number of oxazole rings is 1. The van der Waals surface area contributed by atoms with Crippen molar-refractivity contribution in [1.82, 2.24) is 10.3 Å². The Hall–Kier alpha value is -2.28. The van der Waals surface area contributed by atoms with Gasteiger partial charge < -0.3 is 25.1 Å². The van der Waals surface area contributed by atoms with Gasteiger partial charge in [-0.1, -0.05) is 13.8 Å². The average molecular weight is 348 g/mol. The van der Waals surface area contributed by atoms with E-state index in [-0.39, 0.29) is 18.1 Å². The number of carbonyl (C=O) groups excluding carboxylic acids is 1. The molecule has 0 spiro atoms. The second-order valence-electron chi connectivity index (χ2n) is 6.56. The number of benzene rings is 1. The highest BCUT2D eigenvalue weighted by Gasteiger charge is 2.26. The maximum atomic E-state index is 12.2. The van der Waals surface area contributed by atoms with Gasteiger partial charge >= 0.3 is 6.03 Å². The number of aliphatic hydroxyl groups is 1. The number of aliphatic hydroxyl groups excluding tert-OH is 1. The molecule has 0 saturated heterocycles. The van der Waals surface area contributed by atoms with Crippen molar-refractivity contribution >= 4 is 28.8 Å². The van der Waals surface area contributed by atoms with Crippen molar-refractivity contribution in [2.24, 2.45) is 5.41 Å². The van der Waals surface area contributed by atoms with E-state index in [1.165, 1.54) is 0 Å². The van der Waals surface area contributed by atoms with Crippen LogP contribution in [0.3, 0.4) is 0 Å². The number of hydrogen-bond acceptors (Lipinski definition) is 5. The number of amides is 2. The summed E-state index contributed by atoms with van der Waals surface area (Å²) in [6.45, 7) is 4.82. The maximum absolute atomic E-state index is 12.2. The van der Waals surface area contributed by atoms with Crippen LogP contribution in [0.1, 0.15) is 33.1 Å². The molecule has 2 rings (SSSR count). The maximum Gasteiger partial charge on any atom is 0.319 e. The molecule has 0 bridgehead atoms. The van der Waals surface area contributed by atoms with Crippen LogP contribution in [0.4, 0.5) is 16.5 Å². The molecule has 2 aromatic rings. The van der Waals surface area contributed by atoms with Gasteiger partial charge in [0, 0.05) is 39.0 Å². The predicted octanol–water partition coefficient (Wildman–Crippen LogP) is 3.20. The van der Waals surface area contributed by atoms with E-state index in [9.17, 15) is 9.90 Å². The molecule has 138 valence electrons. The van der Waals surface area contributed by atoms with Gasteiger partial charge in [0.25, 0.3) is 6.01 Å². The van der Waals surface area contributed by atoms with Crippen LogP contribution >= 0.6 is 0 Å². The Bertz CT molecular complexity index is 707. The van der Waals surface area contributed by atoms with Crippen molar-refractivity contribution in [3.8, 4) is 0 Å². The van der Waals surface area contributed by atoms with Gasteiger partial charge in [-0.3, -0.25) is 0 Å². The third-order valence-electron chi connectivity index (χ3n) is 4.78. The second-order valence-corrected chi connectivity index (χ2v) is 6.56. The van der Waals surface area contributed by atoms with Crippen LogP contribution in [-0.2, 0) is 0 Å². The molecule has 1 aromatic heterocycles. The number of nitrogens with one attached hydrogen (secondary N) is 2. The van der Waals surface area contributed by atoms with Gasteiger partial charge in [0.2, 0.25) is 0 Å². The van der Waals surface area contributed by atoms with E-state index in [2.05, 4.69) is 29.5 Å². The van der Waals surface area contributed by atoms with Gasteiger partial charge in [0.15, 0.2) is 5.58 Å². The number of urea groups is 1. The van der Waals surface area contributed by atoms with Crippen molar-refractivity contribution in [2.75, 3.05) is 37.5 Å². The van der Waals surface area contributed by atoms with Gasteiger partial charge in [0.05, 0.1) is 0 Å². The zero-order valence-corrected chi connectivity index (χ0v) is 15.4. The number of aromatic nitrogens is 1. The highest BCUT2D eigenvalue weighted by molar-refractivity contribution is 5.91. The van der Waals surface area contributed by atoms with Crippen molar-refractivity contribution in [3.05, 3.63) is 18.2 Å². The molecule has 1 heterocycles. The Labute approximate surface area is 148 Å². The lowest BCUT2D eigenvalue weighted by Crippen LogP contribution is -2.39. The lowest BCUT2D eigenvalue weighted by atomic mass is 9.79. The molecule has 0 aliphatic rings. The molecule has 25 heavy (non-hydrogen) atoms. The topological polar surface area (TPSA) is 90.6 Å². The van der Waals surface area contributed by atoms with E-state index < -0.39 is 0 Å². The summed E-state index contributed by atoms with van der Waals surface area (Å²) < 4.78 is 5.65. The summed E-state index contributed by atoms with van der Waals surface area (Å²) in [6.07, 6.45) is 2.49. The number of hydrogen-bond donors (Lipinski definition) is 3. The fraction of sp³-hybridized carbons (Fsp3) is 0.556. The molecule has 7 heteroatoms. The molecule has 3 N–H and O–H groups in total. The Morgan fingerprint density at radius 3 is 2.64 bits per heavy atom. The summed E-state index contributed by atoms with van der Waals surface area (Å²) in [5.74, 6) is 0. The first-order valence-electron chi connectivity index (χ1n) is 8.66. The minimum atomic E-state index is -0.268. The normalized spacial score (nSPS) is 11.6. The van der Waals surface area contributed by atoms with Crippen LogP contribution in [-0.4, -0.2) is 43.4 Å². The van der Waals surface area contributed by atoms with Crippen molar-refractivity contribution in [1.29, 1.82) is 0 Å². The quantitative estimate of drug-likeness (QED) is 0.681. The Morgan fingerprint density at radius 1 is 1.32 bits per heavy atom. The first kappa shape index (κ1) is 19.1. The lowest BCUT2D eigenvalue weighted by molar-refractivity contribution is 0.165. The second kappa shape index (κ2) is 8.20. The molecule has 0 atom stereocenters. The number of anilines is 2. The zero-order chi connectivity index (χ0) is 18.4. The van der Waals surface area contributed by atoms with Crippen LogP contribution in [0.2, 0.25) is 0 Å². The minimum absolute atomic E-state index is 0.0679. The molecule has 0 aliphatic heterocycles. The molecular weight excluding hydrogens is 320 g/mol. The lowest BCUT2D eigenvalue weighted by Gasteiger charge is -2.31. The molecule has 0 fully saturated rings. The van der Waals surface area contributed by atoms with Crippen molar-refractivity contribution in [3.63, 3.8) is 0 Å². The molecular formula is C18H28N4O3. The van der Waals surface area contributed by atoms with E-state index in [0.717, 1.165) is 18.4 Å². The molecule has 0 aliphatic carbocycles. The van der Waals surface area contributed by atoms with Crippen LogP contribution < -0.4 is 15.5 Å². The largest absolute Gasteiger partial charge is 0.423 e. The van der Waals surface area contributed by atoms with Gasteiger partial charge in [-0.05, 0) is 36.8 Å². The summed E-state index contributed by atoms with van der Waals surface area (Å²) >= 11 is 0. The fourth-order valence-corrected chi connectivity index (χ4v) is 2.80. The van der Waals surface area contributed by atoms with Crippen LogP contribution in [0.5, 0.6) is 0 Å². The minimum Gasteiger partial charge on any atom is -0.423 e. The fourth-order valence-electron chi connectivity index (χ4n) is 2.80. The van der Waals surface area contributed by atoms with E-state index in [4.69, 9.17) is 4.42 Å². The highest BCUT2D eigenvalue weighted by Crippen LogP contribution is 2.29. The number of nitrogens with zero attached hydrogens (tertiary/aromatic N) is 2. The molecule has 2 amide bonds. The predicted molar refractivity (Wildman–Crippen MR) is 100 cm³/mol. The number of rotatable bonds is 8. The van der Waals surface area contributed by atoms with Gasteiger partial charge in [-0.15, -0.1) is 0 Å². The number of carbonyl (C=O) groups is 1. The zero-order valence-electron chi connectivity index (χ0n) is 15.4. The Balaban J connectivity index is 2.01. The summed E-state index contributed by atoms with van der Waals surface area (Å²) in [7, 11) is 3.72. The van der Waals surface area contributed by atoms with E-state index in [1.54, 1.807) is 17.0 Å². The first-order valence-corrected chi connectivity index (χ1v) is 8.66. The van der Waals surface area contributed by atoms with E-state index in [1.807, 2.05) is 20.2 Å². The van der Waals surface area contributed by atoms with E-state index >= 15 is 0 Å². The highest BCUT2D eigenvalue weighted by atomic mass is 16.4. The summed E-state index contributed by atoms with van der Waals surface area (Å²) in [5, 5.41) is 15.0. The van der Waals surface area contributed by atoms with Crippen molar-refractivity contribution < 1.29 is 14.3 Å².